The minimum Gasteiger partial charge on any atom is -0.393 e. The van der Waals surface area contributed by atoms with Crippen LogP contribution in [0.1, 0.15) is 16.8 Å². The van der Waals surface area contributed by atoms with Crippen molar-refractivity contribution in [2.24, 2.45) is 0 Å². The molecule has 0 atom stereocenters. The van der Waals surface area contributed by atoms with E-state index < -0.39 is 4.92 Å². The Labute approximate surface area is 121 Å². The maximum Gasteiger partial charge on any atom is 0.292 e. The number of nitrogen functional groups attached to an aromatic ring is 1. The second kappa shape index (κ2) is 7.81. The van der Waals surface area contributed by atoms with Gasteiger partial charge in [0.05, 0.1) is 24.0 Å². The molecule has 0 aliphatic heterocycles. The maximum absolute atomic E-state index is 12.3. The molecule has 112 valence electrons. The Morgan fingerprint density at radius 2 is 2.24 bits per heavy atom. The Kier molecular flexibility index (Phi) is 6.10. The predicted molar refractivity (Wildman–Crippen MR) is 75.5 cm³/mol. The van der Waals surface area contributed by atoms with E-state index in [0.717, 1.165) is 0 Å². The summed E-state index contributed by atoms with van der Waals surface area (Å²) < 4.78 is 4.92. The fourth-order valence-electron chi connectivity index (χ4n) is 1.74. The molecule has 1 rings (SSSR count). The van der Waals surface area contributed by atoms with E-state index in [0.29, 0.717) is 13.2 Å². The van der Waals surface area contributed by atoms with Crippen molar-refractivity contribution < 1.29 is 14.5 Å². The lowest BCUT2D eigenvalue weighted by molar-refractivity contribution is -0.383. The molecule has 0 saturated heterocycles. The summed E-state index contributed by atoms with van der Waals surface area (Å²) >= 11 is 0. The number of hydrogen-bond acceptors (Lipinski definition) is 6. The molecule has 0 radical (unpaired) electrons. The molecule has 0 aliphatic carbocycles. The molecule has 8 nitrogen and oxygen atoms in total. The second-order valence-electron chi connectivity index (χ2n) is 4.22. The van der Waals surface area contributed by atoms with Gasteiger partial charge in [-0.15, -0.1) is 0 Å². The van der Waals surface area contributed by atoms with Gasteiger partial charge in [-0.3, -0.25) is 14.9 Å². The van der Waals surface area contributed by atoms with Gasteiger partial charge < -0.3 is 15.4 Å². The number of carbonyl (C=O) groups excluding carboxylic acids is 1. The highest BCUT2D eigenvalue weighted by Gasteiger charge is 2.19. The summed E-state index contributed by atoms with van der Waals surface area (Å²) in [6.07, 6.45) is 0.192. The van der Waals surface area contributed by atoms with Gasteiger partial charge in [0.15, 0.2) is 0 Å². The predicted octanol–water partition coefficient (Wildman–Crippen LogP) is 1.18. The molecule has 1 amide bonds. The standard InChI is InChI=1S/C13H16N4O4/c1-21-8-7-16(6-2-5-14)13(18)10-3-4-12(17(19)20)11(15)9-10/h3-4,9H,2,6-8,15H2,1H3. The van der Waals surface area contributed by atoms with Gasteiger partial charge in [0.1, 0.15) is 5.69 Å². The molecule has 0 aliphatic rings. The van der Waals surface area contributed by atoms with E-state index in [1.54, 1.807) is 0 Å². The van der Waals surface area contributed by atoms with Gasteiger partial charge in [-0.05, 0) is 12.1 Å². The number of amides is 1. The number of nitrogens with two attached hydrogens (primary N) is 1. The third kappa shape index (κ3) is 4.43. The number of nitriles is 1. The fraction of sp³-hybridized carbons (Fsp3) is 0.385. The van der Waals surface area contributed by atoms with E-state index in [4.69, 9.17) is 15.7 Å². The normalized spacial score (nSPS) is 9.90. The van der Waals surface area contributed by atoms with Gasteiger partial charge in [0.2, 0.25) is 0 Å². The maximum atomic E-state index is 12.3. The van der Waals surface area contributed by atoms with Crippen molar-refractivity contribution in [3.05, 3.63) is 33.9 Å². The number of methoxy groups -OCH3 is 1. The molecule has 0 unspecified atom stereocenters. The van der Waals surface area contributed by atoms with Crippen LogP contribution in [0.5, 0.6) is 0 Å². The van der Waals surface area contributed by atoms with Crippen LogP contribution in [0.15, 0.2) is 18.2 Å². The van der Waals surface area contributed by atoms with Crippen LogP contribution in [0.25, 0.3) is 0 Å². The van der Waals surface area contributed by atoms with Gasteiger partial charge in [-0.1, -0.05) is 0 Å². The highest BCUT2D eigenvalue weighted by Crippen LogP contribution is 2.22. The van der Waals surface area contributed by atoms with Crippen LogP contribution in [-0.4, -0.2) is 42.5 Å². The van der Waals surface area contributed by atoms with Crippen LogP contribution < -0.4 is 5.73 Å². The number of rotatable bonds is 7. The Balaban J connectivity index is 2.94. The quantitative estimate of drug-likeness (QED) is 0.457. The van der Waals surface area contributed by atoms with Gasteiger partial charge >= 0.3 is 0 Å². The average molecular weight is 292 g/mol. The van der Waals surface area contributed by atoms with E-state index in [1.165, 1.54) is 30.2 Å². The zero-order chi connectivity index (χ0) is 15.8. The highest BCUT2D eigenvalue weighted by atomic mass is 16.6. The fourth-order valence-corrected chi connectivity index (χ4v) is 1.74. The number of ether oxygens (including phenoxy) is 1. The first-order valence-corrected chi connectivity index (χ1v) is 6.20. The molecular formula is C13H16N4O4. The first-order valence-electron chi connectivity index (χ1n) is 6.20. The highest BCUT2D eigenvalue weighted by molar-refractivity contribution is 5.95. The molecule has 0 fully saturated rings. The second-order valence-corrected chi connectivity index (χ2v) is 4.22. The molecule has 8 heteroatoms. The smallest absolute Gasteiger partial charge is 0.292 e. The van der Waals surface area contributed by atoms with Gasteiger partial charge in [0.25, 0.3) is 11.6 Å². The summed E-state index contributed by atoms with van der Waals surface area (Å²) in [5.41, 5.74) is 5.50. The number of nitrogens with zero attached hydrogens (tertiary/aromatic N) is 3. The summed E-state index contributed by atoms with van der Waals surface area (Å²) in [6.45, 7) is 0.920. The lowest BCUT2D eigenvalue weighted by Gasteiger charge is -2.21. The lowest BCUT2D eigenvalue weighted by atomic mass is 10.1. The lowest BCUT2D eigenvalue weighted by Crippen LogP contribution is -2.34. The number of benzene rings is 1. The minimum atomic E-state index is -0.609. The van der Waals surface area contributed by atoms with Crippen molar-refractivity contribution in [3.63, 3.8) is 0 Å². The summed E-state index contributed by atoms with van der Waals surface area (Å²) in [6, 6.07) is 5.78. The largest absolute Gasteiger partial charge is 0.393 e. The summed E-state index contributed by atoms with van der Waals surface area (Å²) in [7, 11) is 1.51. The average Bonchev–Trinajstić information content (AvgIpc) is 2.46. The monoisotopic (exact) mass is 292 g/mol. The van der Waals surface area contributed by atoms with Crippen LogP contribution in [0, 0.1) is 21.4 Å². The van der Waals surface area contributed by atoms with Gasteiger partial charge in [0, 0.05) is 31.8 Å². The van der Waals surface area contributed by atoms with Crippen molar-refractivity contribution in [2.45, 2.75) is 6.42 Å². The number of nitro groups is 1. The molecule has 0 saturated carbocycles. The first-order chi connectivity index (χ1) is 10.0. The van der Waals surface area contributed by atoms with E-state index in [9.17, 15) is 14.9 Å². The molecule has 0 bridgehead atoms. The molecule has 0 heterocycles. The van der Waals surface area contributed by atoms with Crippen molar-refractivity contribution in [3.8, 4) is 6.07 Å². The molecular weight excluding hydrogens is 276 g/mol. The number of nitro benzene ring substituents is 1. The Morgan fingerprint density at radius 3 is 2.76 bits per heavy atom. The van der Waals surface area contributed by atoms with E-state index in [-0.39, 0.29) is 35.8 Å². The van der Waals surface area contributed by atoms with Crippen molar-refractivity contribution in [1.29, 1.82) is 5.26 Å². The van der Waals surface area contributed by atoms with Crippen LogP contribution in [-0.2, 0) is 4.74 Å². The SMILES string of the molecule is COCCN(CCC#N)C(=O)c1ccc([N+](=O)[O-])c(N)c1. The van der Waals surface area contributed by atoms with Crippen LogP contribution >= 0.6 is 0 Å². The summed E-state index contributed by atoms with van der Waals surface area (Å²) in [5, 5.41) is 19.3. The number of carbonyl (C=O) groups is 1. The Bertz CT molecular complexity index is 568. The van der Waals surface area contributed by atoms with Crippen LogP contribution in [0.4, 0.5) is 11.4 Å². The van der Waals surface area contributed by atoms with E-state index in [2.05, 4.69) is 0 Å². The first kappa shape index (κ1) is 16.4. The Morgan fingerprint density at radius 1 is 1.52 bits per heavy atom. The molecule has 0 aromatic heterocycles. The van der Waals surface area contributed by atoms with Crippen molar-refractivity contribution >= 4 is 17.3 Å². The number of anilines is 1. The van der Waals surface area contributed by atoms with Crippen molar-refractivity contribution in [1.82, 2.24) is 4.90 Å². The van der Waals surface area contributed by atoms with Gasteiger partial charge in [-0.25, -0.2) is 0 Å². The van der Waals surface area contributed by atoms with E-state index in [1.807, 2.05) is 6.07 Å². The zero-order valence-corrected chi connectivity index (χ0v) is 11.6. The van der Waals surface area contributed by atoms with Crippen LogP contribution in [0.3, 0.4) is 0 Å². The summed E-state index contributed by atoms with van der Waals surface area (Å²) in [4.78, 5) is 23.9. The molecule has 1 aromatic rings. The molecule has 21 heavy (non-hydrogen) atoms. The van der Waals surface area contributed by atoms with E-state index >= 15 is 0 Å². The van der Waals surface area contributed by atoms with Gasteiger partial charge in [-0.2, -0.15) is 5.26 Å². The molecule has 2 N–H and O–H groups in total. The topological polar surface area (TPSA) is 122 Å². The third-order valence-corrected chi connectivity index (χ3v) is 2.82. The third-order valence-electron chi connectivity index (χ3n) is 2.82. The Hall–Kier alpha value is -2.66. The zero-order valence-electron chi connectivity index (χ0n) is 11.6. The molecule has 1 aromatic carbocycles. The van der Waals surface area contributed by atoms with Crippen LogP contribution in [0.2, 0.25) is 0 Å². The molecule has 0 spiro atoms. The summed E-state index contributed by atoms with van der Waals surface area (Å²) in [5.74, 6) is -0.344. The minimum absolute atomic E-state index is 0.0715. The van der Waals surface area contributed by atoms with Crippen molar-refractivity contribution in [2.75, 3.05) is 32.5 Å². The number of hydrogen-bond donors (Lipinski definition) is 1.